The van der Waals surface area contributed by atoms with Crippen LogP contribution in [0.4, 0.5) is 5.69 Å². The third-order valence-corrected chi connectivity index (χ3v) is 3.94. The predicted molar refractivity (Wildman–Crippen MR) is 103 cm³/mol. The zero-order valence-corrected chi connectivity index (χ0v) is 15.0. The number of fused-ring (bicyclic) bond motifs is 1. The molecule has 0 aliphatic rings. The standard InChI is InChI=1S/C20H21N3O3/c1-13-7-9-16(10-8-13)21-12-19(24)23-22-14(2)18-11-15-5-4-6-17(25-3)20(15)26-18/h4-11,21H,12H2,1-3H3,(H,23,24)/b22-14-. The summed E-state index contributed by atoms with van der Waals surface area (Å²) in [6.07, 6.45) is 0. The molecule has 0 unspecified atom stereocenters. The molecule has 3 aromatic rings. The summed E-state index contributed by atoms with van der Waals surface area (Å²) in [5.41, 5.74) is 5.82. The number of hydrazone groups is 1. The van der Waals surface area contributed by atoms with Crippen LogP contribution in [0.25, 0.3) is 11.0 Å². The third-order valence-electron chi connectivity index (χ3n) is 3.94. The Morgan fingerprint density at radius 2 is 1.96 bits per heavy atom. The van der Waals surface area contributed by atoms with E-state index >= 15 is 0 Å². The Bertz CT molecular complexity index is 943. The van der Waals surface area contributed by atoms with Crippen LogP contribution < -0.4 is 15.5 Å². The van der Waals surface area contributed by atoms with E-state index in [0.717, 1.165) is 11.1 Å². The van der Waals surface area contributed by atoms with E-state index in [-0.39, 0.29) is 12.5 Å². The first-order valence-electron chi connectivity index (χ1n) is 8.27. The van der Waals surface area contributed by atoms with Gasteiger partial charge in [-0.25, -0.2) is 5.43 Å². The van der Waals surface area contributed by atoms with Gasteiger partial charge in [0.05, 0.1) is 13.7 Å². The van der Waals surface area contributed by atoms with Gasteiger partial charge < -0.3 is 14.5 Å². The van der Waals surface area contributed by atoms with Crippen molar-refractivity contribution >= 4 is 28.3 Å². The fourth-order valence-corrected chi connectivity index (χ4v) is 2.47. The Morgan fingerprint density at radius 1 is 1.19 bits per heavy atom. The van der Waals surface area contributed by atoms with Gasteiger partial charge >= 0.3 is 0 Å². The Labute approximate surface area is 151 Å². The number of furan rings is 1. The minimum absolute atomic E-state index is 0.133. The van der Waals surface area contributed by atoms with Gasteiger partial charge in [-0.2, -0.15) is 5.10 Å². The van der Waals surface area contributed by atoms with E-state index in [2.05, 4.69) is 15.8 Å². The molecule has 2 N–H and O–H groups in total. The first-order valence-corrected chi connectivity index (χ1v) is 8.27. The maximum Gasteiger partial charge on any atom is 0.259 e. The second-order valence-corrected chi connectivity index (χ2v) is 5.94. The van der Waals surface area contributed by atoms with Crippen molar-refractivity contribution in [1.29, 1.82) is 0 Å². The van der Waals surface area contributed by atoms with Crippen molar-refractivity contribution in [2.24, 2.45) is 5.10 Å². The van der Waals surface area contributed by atoms with Crippen molar-refractivity contribution in [2.75, 3.05) is 19.0 Å². The number of nitrogens with zero attached hydrogens (tertiary/aromatic N) is 1. The van der Waals surface area contributed by atoms with E-state index in [9.17, 15) is 4.79 Å². The number of carbonyl (C=O) groups excluding carboxylic acids is 1. The highest BCUT2D eigenvalue weighted by molar-refractivity contribution is 6.01. The second kappa shape index (κ2) is 7.74. The molecule has 0 fully saturated rings. The van der Waals surface area contributed by atoms with Crippen LogP contribution in [-0.4, -0.2) is 25.3 Å². The molecule has 0 saturated carbocycles. The summed E-state index contributed by atoms with van der Waals surface area (Å²) in [5, 5.41) is 8.08. The van der Waals surface area contributed by atoms with Crippen LogP contribution in [-0.2, 0) is 4.79 Å². The molecule has 1 aromatic heterocycles. The average molecular weight is 351 g/mol. The molecule has 1 heterocycles. The average Bonchev–Trinajstić information content (AvgIpc) is 3.10. The number of rotatable bonds is 6. The lowest BCUT2D eigenvalue weighted by Crippen LogP contribution is -2.26. The number of hydrogen-bond donors (Lipinski definition) is 2. The topological polar surface area (TPSA) is 75.9 Å². The summed E-state index contributed by atoms with van der Waals surface area (Å²) in [4.78, 5) is 12.0. The van der Waals surface area contributed by atoms with E-state index < -0.39 is 0 Å². The van der Waals surface area contributed by atoms with E-state index in [1.54, 1.807) is 14.0 Å². The first kappa shape index (κ1) is 17.5. The number of anilines is 1. The SMILES string of the molecule is COc1cccc2cc(/C(C)=N\NC(=O)CNc3ccc(C)cc3)oc12. The van der Waals surface area contributed by atoms with Crippen LogP contribution in [0.5, 0.6) is 5.75 Å². The minimum atomic E-state index is -0.237. The van der Waals surface area contributed by atoms with Crippen LogP contribution in [0.1, 0.15) is 18.2 Å². The number of amides is 1. The zero-order valence-electron chi connectivity index (χ0n) is 15.0. The monoisotopic (exact) mass is 351 g/mol. The summed E-state index contributed by atoms with van der Waals surface area (Å²) in [5.74, 6) is 1.00. The molecule has 1 amide bonds. The van der Waals surface area contributed by atoms with Gasteiger partial charge in [0, 0.05) is 11.1 Å². The van der Waals surface area contributed by atoms with Crippen molar-refractivity contribution in [2.45, 2.75) is 13.8 Å². The number of aryl methyl sites for hydroxylation is 1. The van der Waals surface area contributed by atoms with Gasteiger partial charge in [0.1, 0.15) is 5.71 Å². The predicted octanol–water partition coefficient (Wildman–Crippen LogP) is 3.70. The highest BCUT2D eigenvalue weighted by Gasteiger charge is 2.11. The third kappa shape index (κ3) is 4.03. The number of benzene rings is 2. The summed E-state index contributed by atoms with van der Waals surface area (Å²) in [6.45, 7) is 3.92. The van der Waals surface area contributed by atoms with Gasteiger partial charge in [0.25, 0.3) is 5.91 Å². The summed E-state index contributed by atoms with van der Waals surface area (Å²) in [6, 6.07) is 15.4. The number of para-hydroxylation sites is 1. The molecule has 0 atom stereocenters. The van der Waals surface area contributed by atoms with Crippen LogP contribution in [0.2, 0.25) is 0 Å². The number of methoxy groups -OCH3 is 1. The first-order chi connectivity index (χ1) is 12.6. The zero-order chi connectivity index (χ0) is 18.5. The fourth-order valence-electron chi connectivity index (χ4n) is 2.47. The number of hydrogen-bond acceptors (Lipinski definition) is 5. The van der Waals surface area contributed by atoms with Crippen molar-refractivity contribution < 1.29 is 13.9 Å². The molecule has 0 bridgehead atoms. The smallest absolute Gasteiger partial charge is 0.259 e. The molecule has 6 nitrogen and oxygen atoms in total. The van der Waals surface area contributed by atoms with Crippen LogP contribution in [0.15, 0.2) is 58.0 Å². The van der Waals surface area contributed by atoms with Gasteiger partial charge in [-0.05, 0) is 38.1 Å². The molecular formula is C20H21N3O3. The molecule has 0 spiro atoms. The molecule has 2 aromatic carbocycles. The van der Waals surface area contributed by atoms with E-state index in [1.807, 2.05) is 55.5 Å². The van der Waals surface area contributed by atoms with Crippen LogP contribution >= 0.6 is 0 Å². The fraction of sp³-hybridized carbons (Fsp3) is 0.200. The van der Waals surface area contributed by atoms with Gasteiger partial charge in [-0.3, -0.25) is 4.79 Å². The number of carbonyl (C=O) groups is 1. The van der Waals surface area contributed by atoms with Gasteiger partial charge in [0.2, 0.25) is 0 Å². The summed E-state index contributed by atoms with van der Waals surface area (Å²) < 4.78 is 11.1. The Balaban J connectivity index is 1.62. The minimum Gasteiger partial charge on any atom is -0.493 e. The second-order valence-electron chi connectivity index (χ2n) is 5.94. The highest BCUT2D eigenvalue weighted by Crippen LogP contribution is 2.28. The lowest BCUT2D eigenvalue weighted by molar-refractivity contribution is -0.119. The molecule has 134 valence electrons. The molecule has 0 saturated heterocycles. The normalized spacial score (nSPS) is 11.4. The van der Waals surface area contributed by atoms with Crippen molar-refractivity contribution in [3.05, 3.63) is 59.9 Å². The maximum atomic E-state index is 12.0. The lowest BCUT2D eigenvalue weighted by atomic mass is 10.2. The Morgan fingerprint density at radius 3 is 2.69 bits per heavy atom. The number of ether oxygens (including phenoxy) is 1. The molecule has 0 aliphatic heterocycles. The largest absolute Gasteiger partial charge is 0.493 e. The Hall–Kier alpha value is -3.28. The summed E-state index contributed by atoms with van der Waals surface area (Å²) in [7, 11) is 1.60. The molecule has 3 rings (SSSR count). The van der Waals surface area contributed by atoms with Crippen molar-refractivity contribution in [3.63, 3.8) is 0 Å². The van der Waals surface area contributed by atoms with Crippen LogP contribution in [0, 0.1) is 6.92 Å². The van der Waals surface area contributed by atoms with Crippen LogP contribution in [0.3, 0.4) is 0 Å². The molecule has 0 radical (unpaired) electrons. The van der Waals surface area contributed by atoms with E-state index in [1.165, 1.54) is 5.56 Å². The maximum absolute atomic E-state index is 12.0. The lowest BCUT2D eigenvalue weighted by Gasteiger charge is -2.05. The van der Waals surface area contributed by atoms with E-state index in [4.69, 9.17) is 9.15 Å². The molecule has 26 heavy (non-hydrogen) atoms. The van der Waals surface area contributed by atoms with Gasteiger partial charge in [-0.1, -0.05) is 29.8 Å². The molecular weight excluding hydrogens is 330 g/mol. The Kier molecular flexibility index (Phi) is 5.22. The van der Waals surface area contributed by atoms with Crippen molar-refractivity contribution in [1.82, 2.24) is 5.43 Å². The number of nitrogens with one attached hydrogen (secondary N) is 2. The summed E-state index contributed by atoms with van der Waals surface area (Å²) >= 11 is 0. The van der Waals surface area contributed by atoms with Gasteiger partial charge in [0.15, 0.2) is 17.1 Å². The van der Waals surface area contributed by atoms with E-state index in [0.29, 0.717) is 22.8 Å². The molecule has 0 aliphatic carbocycles. The molecule has 6 heteroatoms. The van der Waals surface area contributed by atoms with Crippen molar-refractivity contribution in [3.8, 4) is 5.75 Å². The highest BCUT2D eigenvalue weighted by atomic mass is 16.5. The quantitative estimate of drug-likeness (QED) is 0.524. The van der Waals surface area contributed by atoms with Gasteiger partial charge in [-0.15, -0.1) is 0 Å².